The average Bonchev–Trinajstić information content (AvgIpc) is 2.38. The third kappa shape index (κ3) is 3.22. The van der Waals surface area contributed by atoms with E-state index in [0.29, 0.717) is 18.3 Å². The van der Waals surface area contributed by atoms with Crippen LogP contribution < -0.4 is 4.74 Å². The molecule has 2 rings (SSSR count). The number of hydrogen-bond donors (Lipinski definition) is 0. The molecule has 0 heterocycles. The molecule has 1 aliphatic rings. The van der Waals surface area contributed by atoms with E-state index < -0.39 is 0 Å². The lowest BCUT2D eigenvalue weighted by atomic mass is 9.90. The highest BCUT2D eigenvalue weighted by Crippen LogP contribution is 2.30. The highest BCUT2D eigenvalue weighted by Gasteiger charge is 2.18. The highest BCUT2D eigenvalue weighted by atomic mass is 16.6. The van der Waals surface area contributed by atoms with Crippen molar-refractivity contribution in [1.82, 2.24) is 0 Å². The Bertz CT molecular complexity index is 425. The van der Waals surface area contributed by atoms with Gasteiger partial charge < -0.3 is 4.74 Å². The topological polar surface area (TPSA) is 52.4 Å². The fraction of sp³-hybridized carbons (Fsp3) is 0.571. The SMILES string of the molecule is Cc1ccc(OCC2CCCCC2)c([N+](=O)[O-])c1. The van der Waals surface area contributed by atoms with Gasteiger partial charge in [0.2, 0.25) is 0 Å². The molecule has 1 aromatic carbocycles. The van der Waals surface area contributed by atoms with E-state index in [4.69, 9.17) is 4.74 Å². The molecule has 0 bridgehead atoms. The maximum atomic E-state index is 11.0. The van der Waals surface area contributed by atoms with Crippen LogP contribution in [0.5, 0.6) is 5.75 Å². The second-order valence-electron chi connectivity index (χ2n) is 5.04. The summed E-state index contributed by atoms with van der Waals surface area (Å²) in [5, 5.41) is 11.0. The first-order valence-corrected chi connectivity index (χ1v) is 6.54. The molecule has 0 amide bonds. The average molecular weight is 249 g/mol. The monoisotopic (exact) mass is 249 g/mol. The van der Waals surface area contributed by atoms with Gasteiger partial charge in [0.05, 0.1) is 11.5 Å². The lowest BCUT2D eigenvalue weighted by Gasteiger charge is -2.21. The van der Waals surface area contributed by atoms with E-state index in [1.165, 1.54) is 32.1 Å². The predicted octanol–water partition coefficient (Wildman–Crippen LogP) is 3.86. The minimum atomic E-state index is -0.372. The molecule has 1 aromatic rings. The first-order chi connectivity index (χ1) is 8.66. The fourth-order valence-electron chi connectivity index (χ4n) is 2.45. The van der Waals surface area contributed by atoms with Gasteiger partial charge in [-0.15, -0.1) is 0 Å². The highest BCUT2D eigenvalue weighted by molar-refractivity contribution is 5.48. The zero-order valence-corrected chi connectivity index (χ0v) is 10.7. The largest absolute Gasteiger partial charge is 0.487 e. The summed E-state index contributed by atoms with van der Waals surface area (Å²) >= 11 is 0. The third-order valence-corrected chi connectivity index (χ3v) is 3.51. The third-order valence-electron chi connectivity index (χ3n) is 3.51. The molecule has 0 radical (unpaired) electrons. The summed E-state index contributed by atoms with van der Waals surface area (Å²) in [5.74, 6) is 0.954. The maximum absolute atomic E-state index is 11.0. The van der Waals surface area contributed by atoms with Crippen LogP contribution in [0.25, 0.3) is 0 Å². The van der Waals surface area contributed by atoms with Gasteiger partial charge in [-0.25, -0.2) is 0 Å². The molecule has 18 heavy (non-hydrogen) atoms. The van der Waals surface area contributed by atoms with E-state index >= 15 is 0 Å². The smallest absolute Gasteiger partial charge is 0.311 e. The van der Waals surface area contributed by atoms with Gasteiger partial charge in [-0.2, -0.15) is 0 Å². The standard InChI is InChI=1S/C14H19NO3/c1-11-7-8-14(13(9-11)15(16)17)18-10-12-5-3-2-4-6-12/h7-9,12H,2-6,10H2,1H3. The molecule has 98 valence electrons. The summed E-state index contributed by atoms with van der Waals surface area (Å²) in [6.45, 7) is 2.45. The zero-order valence-electron chi connectivity index (χ0n) is 10.7. The molecule has 0 saturated heterocycles. The van der Waals surface area contributed by atoms with Crippen LogP contribution in [0.15, 0.2) is 18.2 Å². The van der Waals surface area contributed by atoms with E-state index in [-0.39, 0.29) is 10.6 Å². The Kier molecular flexibility index (Phi) is 4.18. The number of nitrogens with zero attached hydrogens (tertiary/aromatic N) is 1. The Hall–Kier alpha value is -1.58. The van der Waals surface area contributed by atoms with Crippen LogP contribution >= 0.6 is 0 Å². The first-order valence-electron chi connectivity index (χ1n) is 6.54. The molecular weight excluding hydrogens is 230 g/mol. The summed E-state index contributed by atoms with van der Waals surface area (Å²) in [6.07, 6.45) is 6.18. The molecule has 0 spiro atoms. The number of aryl methyl sites for hydroxylation is 1. The van der Waals surface area contributed by atoms with Crippen molar-refractivity contribution in [2.24, 2.45) is 5.92 Å². The molecular formula is C14H19NO3. The van der Waals surface area contributed by atoms with Crippen molar-refractivity contribution < 1.29 is 9.66 Å². The van der Waals surface area contributed by atoms with Gasteiger partial charge in [-0.1, -0.05) is 25.3 Å². The summed E-state index contributed by atoms with van der Waals surface area (Å²) < 4.78 is 5.65. The van der Waals surface area contributed by atoms with Crippen LogP contribution in [0.1, 0.15) is 37.7 Å². The Morgan fingerprint density at radius 3 is 2.72 bits per heavy atom. The zero-order chi connectivity index (χ0) is 13.0. The molecule has 4 nitrogen and oxygen atoms in total. The van der Waals surface area contributed by atoms with Crippen LogP contribution in [0.4, 0.5) is 5.69 Å². The molecule has 0 aliphatic heterocycles. The van der Waals surface area contributed by atoms with Crippen molar-refractivity contribution >= 4 is 5.69 Å². The summed E-state index contributed by atoms with van der Waals surface area (Å²) in [7, 11) is 0. The van der Waals surface area contributed by atoms with Gasteiger partial charge in [-0.05, 0) is 37.3 Å². The summed E-state index contributed by atoms with van der Waals surface area (Å²) in [5.41, 5.74) is 0.956. The van der Waals surface area contributed by atoms with Crippen LogP contribution in [0, 0.1) is 23.0 Å². The number of nitro groups is 1. The minimum Gasteiger partial charge on any atom is -0.487 e. The van der Waals surface area contributed by atoms with Crippen molar-refractivity contribution in [2.75, 3.05) is 6.61 Å². The molecule has 1 aliphatic carbocycles. The van der Waals surface area contributed by atoms with Crippen molar-refractivity contribution in [1.29, 1.82) is 0 Å². The van der Waals surface area contributed by atoms with Gasteiger partial charge in [0, 0.05) is 6.07 Å². The van der Waals surface area contributed by atoms with Gasteiger partial charge in [0.25, 0.3) is 0 Å². The molecule has 0 atom stereocenters. The van der Waals surface area contributed by atoms with E-state index in [1.807, 2.05) is 13.0 Å². The van der Waals surface area contributed by atoms with E-state index in [2.05, 4.69) is 0 Å². The second kappa shape index (κ2) is 5.85. The van der Waals surface area contributed by atoms with Gasteiger partial charge in [0.1, 0.15) is 0 Å². The van der Waals surface area contributed by atoms with Crippen molar-refractivity contribution in [3.8, 4) is 5.75 Å². The van der Waals surface area contributed by atoms with Crippen molar-refractivity contribution in [2.45, 2.75) is 39.0 Å². The second-order valence-corrected chi connectivity index (χ2v) is 5.04. The maximum Gasteiger partial charge on any atom is 0.311 e. The molecule has 0 aromatic heterocycles. The van der Waals surface area contributed by atoms with E-state index in [1.54, 1.807) is 12.1 Å². The number of hydrogen-bond acceptors (Lipinski definition) is 3. The molecule has 0 N–H and O–H groups in total. The molecule has 0 unspecified atom stereocenters. The van der Waals surface area contributed by atoms with Gasteiger partial charge >= 0.3 is 5.69 Å². The number of ether oxygens (including phenoxy) is 1. The Labute approximate surface area is 107 Å². The fourth-order valence-corrected chi connectivity index (χ4v) is 2.45. The summed E-state index contributed by atoms with van der Waals surface area (Å²) in [6, 6.07) is 5.12. The van der Waals surface area contributed by atoms with Crippen LogP contribution in [0.2, 0.25) is 0 Å². The Morgan fingerprint density at radius 2 is 2.06 bits per heavy atom. The Morgan fingerprint density at radius 1 is 1.33 bits per heavy atom. The number of rotatable bonds is 4. The Balaban J connectivity index is 2.01. The van der Waals surface area contributed by atoms with Crippen LogP contribution in [-0.2, 0) is 0 Å². The molecule has 1 saturated carbocycles. The predicted molar refractivity (Wildman–Crippen MR) is 69.9 cm³/mol. The lowest BCUT2D eigenvalue weighted by molar-refractivity contribution is -0.386. The normalized spacial score (nSPS) is 16.5. The quantitative estimate of drug-likeness (QED) is 0.601. The van der Waals surface area contributed by atoms with E-state index in [9.17, 15) is 10.1 Å². The van der Waals surface area contributed by atoms with Gasteiger partial charge in [0.15, 0.2) is 5.75 Å². The summed E-state index contributed by atoms with van der Waals surface area (Å²) in [4.78, 5) is 10.6. The minimum absolute atomic E-state index is 0.0748. The van der Waals surface area contributed by atoms with Crippen LogP contribution in [0.3, 0.4) is 0 Å². The van der Waals surface area contributed by atoms with Crippen molar-refractivity contribution in [3.05, 3.63) is 33.9 Å². The van der Waals surface area contributed by atoms with Crippen molar-refractivity contribution in [3.63, 3.8) is 0 Å². The van der Waals surface area contributed by atoms with E-state index in [0.717, 1.165) is 5.56 Å². The molecule has 4 heteroatoms. The molecule has 1 fully saturated rings. The lowest BCUT2D eigenvalue weighted by Crippen LogP contribution is -2.15. The first kappa shape index (κ1) is 12.9. The van der Waals surface area contributed by atoms with Gasteiger partial charge in [-0.3, -0.25) is 10.1 Å². The number of nitro benzene ring substituents is 1. The number of benzene rings is 1. The van der Waals surface area contributed by atoms with Crippen LogP contribution in [-0.4, -0.2) is 11.5 Å².